The van der Waals surface area contributed by atoms with Crippen molar-refractivity contribution in [3.05, 3.63) is 0 Å². The van der Waals surface area contributed by atoms with Crippen LogP contribution in [0.3, 0.4) is 0 Å². The van der Waals surface area contributed by atoms with Crippen molar-refractivity contribution in [1.29, 1.82) is 5.26 Å². The van der Waals surface area contributed by atoms with Crippen LogP contribution >= 0.6 is 0 Å². The van der Waals surface area contributed by atoms with Crippen LogP contribution in [0.25, 0.3) is 0 Å². The summed E-state index contributed by atoms with van der Waals surface area (Å²) in [7, 11) is 1.62. The van der Waals surface area contributed by atoms with Gasteiger partial charge in [0.05, 0.1) is 25.9 Å². The minimum absolute atomic E-state index is 0.269. The molecule has 0 rings (SSSR count). The predicted molar refractivity (Wildman–Crippen MR) is 55.0 cm³/mol. The van der Waals surface area contributed by atoms with Crippen LogP contribution in [0.5, 0.6) is 0 Å². The third-order valence-electron chi connectivity index (χ3n) is 1.68. The molecule has 0 aromatic heterocycles. The average Bonchev–Trinajstić information content (AvgIpc) is 2.11. The first-order valence-electron chi connectivity index (χ1n) is 4.79. The van der Waals surface area contributed by atoms with E-state index in [0.717, 1.165) is 0 Å². The third-order valence-corrected chi connectivity index (χ3v) is 1.68. The molecule has 0 aliphatic rings. The molecule has 0 amide bonds. The zero-order chi connectivity index (χ0) is 11.0. The fourth-order valence-corrected chi connectivity index (χ4v) is 1.16. The maximum atomic E-state index is 8.97. The highest BCUT2D eigenvalue weighted by molar-refractivity contribution is 5.04. The van der Waals surface area contributed by atoms with Crippen molar-refractivity contribution >= 4 is 0 Å². The van der Waals surface area contributed by atoms with E-state index >= 15 is 0 Å². The van der Waals surface area contributed by atoms with Crippen molar-refractivity contribution in [2.45, 2.75) is 32.4 Å². The molecule has 0 saturated carbocycles. The molecule has 0 aromatic carbocycles. The Balaban J connectivity index is 3.83. The molecule has 0 radical (unpaired) electrons. The Morgan fingerprint density at radius 3 is 2.50 bits per heavy atom. The van der Waals surface area contributed by atoms with Gasteiger partial charge >= 0.3 is 0 Å². The maximum absolute atomic E-state index is 8.97. The van der Waals surface area contributed by atoms with Crippen LogP contribution in [-0.2, 0) is 9.47 Å². The Morgan fingerprint density at radius 1 is 1.43 bits per heavy atom. The van der Waals surface area contributed by atoms with E-state index in [1.165, 1.54) is 0 Å². The first-order valence-corrected chi connectivity index (χ1v) is 4.79. The third kappa shape index (κ3) is 5.92. The minimum Gasteiger partial charge on any atom is -0.382 e. The van der Waals surface area contributed by atoms with Gasteiger partial charge in [-0.3, -0.25) is 5.32 Å². The highest BCUT2D eigenvalue weighted by Crippen LogP contribution is 2.04. The quantitative estimate of drug-likeness (QED) is 0.621. The lowest BCUT2D eigenvalue weighted by Gasteiger charge is -2.25. The summed E-state index contributed by atoms with van der Waals surface area (Å²) in [5.41, 5.74) is -0.609. The Bertz CT molecular complexity index is 189. The normalized spacial score (nSPS) is 15.1. The summed E-state index contributed by atoms with van der Waals surface area (Å²) >= 11 is 0. The standard InChI is InChI=1S/C10H20N2O2/c1-9(2)12-10(3,7-11)8-14-6-5-13-4/h9,12H,5-6,8H2,1-4H3. The van der Waals surface area contributed by atoms with E-state index in [9.17, 15) is 0 Å². The van der Waals surface area contributed by atoms with E-state index in [1.54, 1.807) is 7.11 Å². The highest BCUT2D eigenvalue weighted by atomic mass is 16.5. The van der Waals surface area contributed by atoms with Crippen molar-refractivity contribution in [2.24, 2.45) is 0 Å². The van der Waals surface area contributed by atoms with Crippen molar-refractivity contribution in [3.63, 3.8) is 0 Å². The van der Waals surface area contributed by atoms with Crippen molar-refractivity contribution in [3.8, 4) is 6.07 Å². The summed E-state index contributed by atoms with van der Waals surface area (Å²) in [5, 5.41) is 12.1. The Kier molecular flexibility index (Phi) is 6.46. The van der Waals surface area contributed by atoms with E-state index in [0.29, 0.717) is 19.8 Å². The lowest BCUT2D eigenvalue weighted by atomic mass is 10.1. The molecule has 0 spiro atoms. The van der Waals surface area contributed by atoms with Gasteiger partial charge in [0, 0.05) is 13.2 Å². The first-order chi connectivity index (χ1) is 6.54. The van der Waals surface area contributed by atoms with Crippen LogP contribution in [0.1, 0.15) is 20.8 Å². The molecule has 1 N–H and O–H groups in total. The summed E-state index contributed by atoms with van der Waals surface area (Å²) in [6.07, 6.45) is 0. The molecule has 0 aliphatic heterocycles. The molecule has 0 heterocycles. The summed E-state index contributed by atoms with van der Waals surface area (Å²) < 4.78 is 10.2. The average molecular weight is 200 g/mol. The van der Waals surface area contributed by atoms with Crippen LogP contribution in [-0.4, -0.2) is 38.5 Å². The molecule has 14 heavy (non-hydrogen) atoms. The van der Waals surface area contributed by atoms with Crippen LogP contribution in [0.15, 0.2) is 0 Å². The van der Waals surface area contributed by atoms with Crippen molar-refractivity contribution < 1.29 is 9.47 Å². The van der Waals surface area contributed by atoms with Gasteiger partial charge in [-0.15, -0.1) is 0 Å². The number of hydrogen-bond donors (Lipinski definition) is 1. The lowest BCUT2D eigenvalue weighted by Crippen LogP contribution is -2.48. The second-order valence-corrected chi connectivity index (χ2v) is 3.79. The van der Waals surface area contributed by atoms with Gasteiger partial charge in [0.1, 0.15) is 5.54 Å². The maximum Gasteiger partial charge on any atom is 0.127 e. The molecule has 1 atom stereocenters. The number of nitrogens with one attached hydrogen (secondary N) is 1. The van der Waals surface area contributed by atoms with Crippen LogP contribution < -0.4 is 5.32 Å². The number of rotatable bonds is 7. The smallest absolute Gasteiger partial charge is 0.127 e. The van der Waals surface area contributed by atoms with Gasteiger partial charge in [-0.05, 0) is 20.8 Å². The summed E-state index contributed by atoms with van der Waals surface area (Å²) in [4.78, 5) is 0. The van der Waals surface area contributed by atoms with E-state index < -0.39 is 5.54 Å². The fourth-order valence-electron chi connectivity index (χ4n) is 1.16. The number of nitriles is 1. The largest absolute Gasteiger partial charge is 0.382 e. The Morgan fingerprint density at radius 2 is 2.07 bits per heavy atom. The van der Waals surface area contributed by atoms with E-state index in [2.05, 4.69) is 11.4 Å². The van der Waals surface area contributed by atoms with Crippen LogP contribution in [0.4, 0.5) is 0 Å². The molecule has 0 aromatic rings. The van der Waals surface area contributed by atoms with E-state index in [1.807, 2.05) is 20.8 Å². The molecule has 4 nitrogen and oxygen atoms in total. The zero-order valence-electron chi connectivity index (χ0n) is 9.46. The molecular formula is C10H20N2O2. The monoisotopic (exact) mass is 200 g/mol. The second kappa shape index (κ2) is 6.77. The van der Waals surface area contributed by atoms with Crippen molar-refractivity contribution in [1.82, 2.24) is 5.32 Å². The summed E-state index contributed by atoms with van der Waals surface area (Å²) in [5.74, 6) is 0. The molecule has 0 fully saturated rings. The van der Waals surface area contributed by atoms with Gasteiger partial charge in [0.15, 0.2) is 0 Å². The SMILES string of the molecule is COCCOCC(C)(C#N)NC(C)C. The zero-order valence-corrected chi connectivity index (χ0v) is 9.46. The van der Waals surface area contributed by atoms with Crippen LogP contribution in [0, 0.1) is 11.3 Å². The number of nitrogens with zero attached hydrogens (tertiary/aromatic N) is 1. The van der Waals surface area contributed by atoms with Gasteiger partial charge in [0.2, 0.25) is 0 Å². The Hall–Kier alpha value is -0.630. The fraction of sp³-hybridized carbons (Fsp3) is 0.900. The molecular weight excluding hydrogens is 180 g/mol. The van der Waals surface area contributed by atoms with Gasteiger partial charge in [-0.2, -0.15) is 5.26 Å². The molecule has 0 bridgehead atoms. The van der Waals surface area contributed by atoms with Crippen LogP contribution in [0.2, 0.25) is 0 Å². The number of hydrogen-bond acceptors (Lipinski definition) is 4. The second-order valence-electron chi connectivity index (χ2n) is 3.79. The highest BCUT2D eigenvalue weighted by Gasteiger charge is 2.24. The van der Waals surface area contributed by atoms with Gasteiger partial charge in [0.25, 0.3) is 0 Å². The predicted octanol–water partition coefficient (Wildman–Crippen LogP) is 0.930. The molecule has 0 aliphatic carbocycles. The van der Waals surface area contributed by atoms with E-state index in [-0.39, 0.29) is 6.04 Å². The topological polar surface area (TPSA) is 54.3 Å². The van der Waals surface area contributed by atoms with Gasteiger partial charge in [-0.25, -0.2) is 0 Å². The van der Waals surface area contributed by atoms with E-state index in [4.69, 9.17) is 14.7 Å². The summed E-state index contributed by atoms with van der Waals surface area (Å²) in [6, 6.07) is 2.48. The molecule has 4 heteroatoms. The Labute approximate surface area is 86.2 Å². The lowest BCUT2D eigenvalue weighted by molar-refractivity contribution is 0.0479. The van der Waals surface area contributed by atoms with Gasteiger partial charge < -0.3 is 9.47 Å². The molecule has 82 valence electrons. The number of ether oxygens (including phenoxy) is 2. The number of methoxy groups -OCH3 is 1. The molecule has 0 saturated heterocycles. The molecule has 1 unspecified atom stereocenters. The first kappa shape index (κ1) is 13.4. The van der Waals surface area contributed by atoms with Gasteiger partial charge in [-0.1, -0.05) is 0 Å². The minimum atomic E-state index is -0.609. The summed E-state index contributed by atoms with van der Waals surface area (Å²) in [6.45, 7) is 7.30. The van der Waals surface area contributed by atoms with Crippen molar-refractivity contribution in [2.75, 3.05) is 26.9 Å².